The van der Waals surface area contributed by atoms with Crippen molar-refractivity contribution in [2.45, 2.75) is 70.5 Å². The third kappa shape index (κ3) is 4.35. The van der Waals surface area contributed by atoms with Crippen LogP contribution in [-0.4, -0.2) is 29.4 Å². The Labute approximate surface area is 140 Å². The summed E-state index contributed by atoms with van der Waals surface area (Å²) in [7, 11) is 0. The molecule has 2 aliphatic rings. The predicted octanol–water partition coefficient (Wildman–Crippen LogP) is 3.74. The Morgan fingerprint density at radius 2 is 1.87 bits per heavy atom. The van der Waals surface area contributed by atoms with Gasteiger partial charge in [-0.3, -0.25) is 4.79 Å². The van der Waals surface area contributed by atoms with Crippen molar-refractivity contribution >= 4 is 5.91 Å². The van der Waals surface area contributed by atoms with Gasteiger partial charge in [0, 0.05) is 24.5 Å². The highest BCUT2D eigenvalue weighted by Crippen LogP contribution is 2.28. The van der Waals surface area contributed by atoms with Crippen molar-refractivity contribution < 1.29 is 4.79 Å². The highest BCUT2D eigenvalue weighted by atomic mass is 16.2. The summed E-state index contributed by atoms with van der Waals surface area (Å²) < 4.78 is 0. The number of hydrogen-bond donors (Lipinski definition) is 1. The molecule has 126 valence electrons. The normalized spacial score (nSPS) is 26.0. The lowest BCUT2D eigenvalue weighted by molar-refractivity contribution is -0.140. The van der Waals surface area contributed by atoms with Gasteiger partial charge in [0.1, 0.15) is 0 Å². The Kier molecular flexibility index (Phi) is 5.71. The third-order valence-corrected chi connectivity index (χ3v) is 5.47. The molecule has 2 atom stereocenters. The second kappa shape index (κ2) is 7.96. The summed E-state index contributed by atoms with van der Waals surface area (Å²) in [6, 6.07) is 11.4. The van der Waals surface area contributed by atoms with Crippen LogP contribution in [0.3, 0.4) is 0 Å². The fraction of sp³-hybridized carbons (Fsp3) is 0.650. The van der Waals surface area contributed by atoms with Gasteiger partial charge in [-0.25, -0.2) is 0 Å². The maximum absolute atomic E-state index is 13.2. The van der Waals surface area contributed by atoms with E-state index in [0.717, 1.165) is 25.9 Å². The molecular formula is C20H30N2O. The fourth-order valence-electron chi connectivity index (χ4n) is 4.15. The molecule has 0 unspecified atom stereocenters. The van der Waals surface area contributed by atoms with E-state index < -0.39 is 0 Å². The molecular weight excluding hydrogens is 284 g/mol. The summed E-state index contributed by atoms with van der Waals surface area (Å²) in [6.45, 7) is 3.95. The molecule has 1 saturated heterocycles. The molecule has 1 N–H and O–H groups in total. The topological polar surface area (TPSA) is 32.3 Å². The van der Waals surface area contributed by atoms with Gasteiger partial charge in [0.2, 0.25) is 5.91 Å². The average molecular weight is 314 g/mol. The van der Waals surface area contributed by atoms with Gasteiger partial charge in [-0.2, -0.15) is 0 Å². The number of amides is 1. The first-order chi connectivity index (χ1) is 11.2. The standard InChI is InChI=1S/C20H30N2O/c1-16-14-18(12-13-21-16)20(23)22(19-10-6-3-7-11-19)15-17-8-4-2-5-9-17/h2,4-5,8-9,16,18-19,21H,3,6-7,10-15H2,1H3/t16-,18-/m0/s1. The number of hydrogen-bond acceptors (Lipinski definition) is 2. The highest BCUT2D eigenvalue weighted by molar-refractivity contribution is 5.79. The molecule has 1 heterocycles. The molecule has 1 saturated carbocycles. The van der Waals surface area contributed by atoms with Crippen LogP contribution in [0.1, 0.15) is 57.4 Å². The Bertz CT molecular complexity index is 496. The van der Waals surface area contributed by atoms with Crippen molar-refractivity contribution in [2.24, 2.45) is 5.92 Å². The monoisotopic (exact) mass is 314 g/mol. The number of piperidine rings is 1. The van der Waals surface area contributed by atoms with Crippen LogP contribution in [0.4, 0.5) is 0 Å². The fourth-order valence-corrected chi connectivity index (χ4v) is 4.15. The van der Waals surface area contributed by atoms with Crippen LogP contribution < -0.4 is 5.32 Å². The summed E-state index contributed by atoms with van der Waals surface area (Å²) in [5, 5.41) is 3.46. The SMILES string of the molecule is C[C@H]1C[C@@H](C(=O)N(Cc2ccccc2)C2CCCCC2)CCN1. The van der Waals surface area contributed by atoms with Gasteiger partial charge in [-0.15, -0.1) is 0 Å². The number of rotatable bonds is 4. The molecule has 1 amide bonds. The van der Waals surface area contributed by atoms with Crippen LogP contribution in [0.2, 0.25) is 0 Å². The van der Waals surface area contributed by atoms with E-state index in [1.54, 1.807) is 0 Å². The second-order valence-corrected chi connectivity index (χ2v) is 7.32. The van der Waals surface area contributed by atoms with Gasteiger partial charge in [-0.05, 0) is 44.7 Å². The molecule has 0 radical (unpaired) electrons. The lowest BCUT2D eigenvalue weighted by atomic mass is 9.88. The predicted molar refractivity (Wildman–Crippen MR) is 94.1 cm³/mol. The summed E-state index contributed by atoms with van der Waals surface area (Å²) in [5.41, 5.74) is 1.26. The van der Waals surface area contributed by atoms with Gasteiger partial charge in [0.15, 0.2) is 0 Å². The summed E-state index contributed by atoms with van der Waals surface area (Å²) in [4.78, 5) is 15.5. The van der Waals surface area contributed by atoms with Crippen molar-refractivity contribution in [3.05, 3.63) is 35.9 Å². The number of carbonyl (C=O) groups excluding carboxylic acids is 1. The van der Waals surface area contributed by atoms with Gasteiger partial charge in [-0.1, -0.05) is 49.6 Å². The van der Waals surface area contributed by atoms with Crippen molar-refractivity contribution in [3.8, 4) is 0 Å². The van der Waals surface area contributed by atoms with Crippen molar-refractivity contribution in [1.82, 2.24) is 10.2 Å². The second-order valence-electron chi connectivity index (χ2n) is 7.32. The molecule has 2 fully saturated rings. The molecule has 1 aliphatic heterocycles. The van der Waals surface area contributed by atoms with Crippen molar-refractivity contribution in [2.75, 3.05) is 6.54 Å². The molecule has 3 heteroatoms. The zero-order valence-corrected chi connectivity index (χ0v) is 14.3. The Morgan fingerprint density at radius 1 is 1.13 bits per heavy atom. The summed E-state index contributed by atoms with van der Waals surface area (Å²) in [5.74, 6) is 0.603. The van der Waals surface area contributed by atoms with Crippen molar-refractivity contribution in [3.63, 3.8) is 0 Å². The maximum atomic E-state index is 13.2. The lowest BCUT2D eigenvalue weighted by Gasteiger charge is -2.38. The van der Waals surface area contributed by atoms with Crippen LogP contribution in [0, 0.1) is 5.92 Å². The number of carbonyl (C=O) groups is 1. The van der Waals surface area contributed by atoms with Gasteiger partial charge in [0.05, 0.1) is 0 Å². The number of nitrogens with one attached hydrogen (secondary N) is 1. The van der Waals surface area contributed by atoms with Crippen LogP contribution >= 0.6 is 0 Å². The first kappa shape index (κ1) is 16.5. The quantitative estimate of drug-likeness (QED) is 0.918. The molecule has 3 rings (SSSR count). The number of nitrogens with zero attached hydrogens (tertiary/aromatic N) is 1. The van der Waals surface area contributed by atoms with E-state index in [0.29, 0.717) is 18.0 Å². The molecule has 0 aromatic heterocycles. The minimum atomic E-state index is 0.205. The molecule has 1 aliphatic carbocycles. The molecule has 1 aromatic carbocycles. The highest BCUT2D eigenvalue weighted by Gasteiger charge is 2.32. The Morgan fingerprint density at radius 3 is 2.57 bits per heavy atom. The minimum absolute atomic E-state index is 0.205. The first-order valence-electron chi connectivity index (χ1n) is 9.32. The first-order valence-corrected chi connectivity index (χ1v) is 9.32. The zero-order chi connectivity index (χ0) is 16.1. The maximum Gasteiger partial charge on any atom is 0.226 e. The lowest BCUT2D eigenvalue weighted by Crippen LogP contribution is -2.48. The average Bonchev–Trinajstić information content (AvgIpc) is 2.61. The smallest absolute Gasteiger partial charge is 0.226 e. The van der Waals surface area contributed by atoms with Crippen LogP contribution in [0.5, 0.6) is 0 Å². The summed E-state index contributed by atoms with van der Waals surface area (Å²) >= 11 is 0. The molecule has 0 spiro atoms. The molecule has 23 heavy (non-hydrogen) atoms. The van der Waals surface area contributed by atoms with Crippen LogP contribution in [0.25, 0.3) is 0 Å². The molecule has 1 aromatic rings. The molecule has 3 nitrogen and oxygen atoms in total. The van der Waals surface area contributed by atoms with E-state index in [1.165, 1.54) is 37.7 Å². The summed E-state index contributed by atoms with van der Waals surface area (Å²) in [6.07, 6.45) is 8.20. The number of benzene rings is 1. The van der Waals surface area contributed by atoms with E-state index in [-0.39, 0.29) is 5.92 Å². The Hall–Kier alpha value is -1.35. The Balaban J connectivity index is 1.74. The van der Waals surface area contributed by atoms with E-state index in [9.17, 15) is 4.79 Å². The van der Waals surface area contributed by atoms with Crippen LogP contribution in [-0.2, 0) is 11.3 Å². The van der Waals surface area contributed by atoms with Gasteiger partial charge in [0.25, 0.3) is 0 Å². The van der Waals surface area contributed by atoms with Gasteiger partial charge < -0.3 is 10.2 Å². The van der Waals surface area contributed by atoms with E-state index in [1.807, 2.05) is 6.07 Å². The van der Waals surface area contributed by atoms with E-state index in [4.69, 9.17) is 0 Å². The minimum Gasteiger partial charge on any atom is -0.335 e. The largest absolute Gasteiger partial charge is 0.335 e. The van der Waals surface area contributed by atoms with Gasteiger partial charge >= 0.3 is 0 Å². The van der Waals surface area contributed by atoms with E-state index in [2.05, 4.69) is 41.4 Å². The van der Waals surface area contributed by atoms with Crippen LogP contribution in [0.15, 0.2) is 30.3 Å². The third-order valence-electron chi connectivity index (χ3n) is 5.47. The molecule has 0 bridgehead atoms. The zero-order valence-electron chi connectivity index (χ0n) is 14.3. The van der Waals surface area contributed by atoms with E-state index >= 15 is 0 Å². The van der Waals surface area contributed by atoms with Crippen molar-refractivity contribution in [1.29, 1.82) is 0 Å².